The third kappa shape index (κ3) is 4.52. The Morgan fingerprint density at radius 3 is 2.56 bits per heavy atom. The molecule has 3 rings (SSSR count). The quantitative estimate of drug-likeness (QED) is 0.806. The van der Waals surface area contributed by atoms with Gasteiger partial charge in [0, 0.05) is 51.2 Å². The van der Waals surface area contributed by atoms with E-state index in [4.69, 9.17) is 5.26 Å². The molecule has 25 heavy (non-hydrogen) atoms. The molecule has 0 radical (unpaired) electrons. The van der Waals surface area contributed by atoms with E-state index >= 15 is 0 Å². The van der Waals surface area contributed by atoms with Crippen LogP contribution in [0.15, 0.2) is 54.9 Å². The van der Waals surface area contributed by atoms with E-state index in [-0.39, 0.29) is 5.91 Å². The molecule has 2 aromatic rings. The number of amides is 1. The highest BCUT2D eigenvalue weighted by molar-refractivity contribution is 5.92. The Labute approximate surface area is 147 Å². The first kappa shape index (κ1) is 16.9. The number of rotatable bonds is 4. The van der Waals surface area contributed by atoms with Crippen LogP contribution in [0.1, 0.15) is 16.7 Å². The van der Waals surface area contributed by atoms with Crippen molar-refractivity contribution in [1.82, 2.24) is 14.8 Å². The number of hydrogen-bond acceptors (Lipinski definition) is 4. The molecule has 1 saturated heterocycles. The van der Waals surface area contributed by atoms with Crippen LogP contribution in [0.3, 0.4) is 0 Å². The molecule has 126 valence electrons. The normalized spacial score (nSPS) is 15.2. The fourth-order valence-electron chi connectivity index (χ4n) is 2.88. The Morgan fingerprint density at radius 1 is 1.12 bits per heavy atom. The van der Waals surface area contributed by atoms with Gasteiger partial charge in [0.2, 0.25) is 5.91 Å². The second-order valence-electron chi connectivity index (χ2n) is 5.99. The summed E-state index contributed by atoms with van der Waals surface area (Å²) in [5, 5.41) is 9.09. The SMILES string of the molecule is N#Cc1ccccc1/C=C/C(=O)N1CCN(Cc2ccncc2)CC1. The molecule has 0 saturated carbocycles. The highest BCUT2D eigenvalue weighted by Crippen LogP contribution is 2.11. The largest absolute Gasteiger partial charge is 0.337 e. The number of hydrogen-bond donors (Lipinski definition) is 0. The highest BCUT2D eigenvalue weighted by atomic mass is 16.2. The minimum Gasteiger partial charge on any atom is -0.337 e. The number of carbonyl (C=O) groups excluding carboxylic acids is 1. The maximum Gasteiger partial charge on any atom is 0.246 e. The van der Waals surface area contributed by atoms with E-state index in [0.29, 0.717) is 18.7 Å². The molecular formula is C20H20N4O. The average Bonchev–Trinajstić information content (AvgIpc) is 2.67. The molecule has 1 amide bonds. The zero-order chi connectivity index (χ0) is 17.5. The Balaban J connectivity index is 1.53. The minimum atomic E-state index is -0.00342. The maximum atomic E-state index is 12.4. The van der Waals surface area contributed by atoms with Crippen LogP contribution in [0.25, 0.3) is 6.08 Å². The number of piperazine rings is 1. The van der Waals surface area contributed by atoms with E-state index in [0.717, 1.165) is 25.2 Å². The molecule has 5 nitrogen and oxygen atoms in total. The van der Waals surface area contributed by atoms with Gasteiger partial charge in [0.25, 0.3) is 0 Å². The summed E-state index contributed by atoms with van der Waals surface area (Å²) in [4.78, 5) is 20.6. The molecule has 5 heteroatoms. The zero-order valence-corrected chi connectivity index (χ0v) is 14.0. The molecule has 1 fully saturated rings. The lowest BCUT2D eigenvalue weighted by atomic mass is 10.1. The van der Waals surface area contributed by atoms with E-state index < -0.39 is 0 Å². The van der Waals surface area contributed by atoms with Gasteiger partial charge in [-0.2, -0.15) is 5.26 Å². The van der Waals surface area contributed by atoms with Crippen LogP contribution in [-0.4, -0.2) is 46.9 Å². The van der Waals surface area contributed by atoms with Gasteiger partial charge in [-0.05, 0) is 35.4 Å². The van der Waals surface area contributed by atoms with Gasteiger partial charge in [0.15, 0.2) is 0 Å². The van der Waals surface area contributed by atoms with Crippen molar-refractivity contribution < 1.29 is 4.79 Å². The van der Waals surface area contributed by atoms with Crippen molar-refractivity contribution in [2.24, 2.45) is 0 Å². The summed E-state index contributed by atoms with van der Waals surface area (Å²) < 4.78 is 0. The van der Waals surface area contributed by atoms with E-state index in [1.807, 2.05) is 35.2 Å². The summed E-state index contributed by atoms with van der Waals surface area (Å²) >= 11 is 0. The summed E-state index contributed by atoms with van der Waals surface area (Å²) in [5.74, 6) is -0.00342. The lowest BCUT2D eigenvalue weighted by Crippen LogP contribution is -2.47. The Kier molecular flexibility index (Phi) is 5.55. The smallest absolute Gasteiger partial charge is 0.246 e. The standard InChI is InChI=1S/C20H20N4O/c21-15-19-4-2-1-3-18(19)5-6-20(25)24-13-11-23(12-14-24)16-17-7-9-22-10-8-17/h1-10H,11-14,16H2/b6-5+. The van der Waals surface area contributed by atoms with Crippen molar-refractivity contribution in [3.8, 4) is 6.07 Å². The van der Waals surface area contributed by atoms with Gasteiger partial charge in [0.1, 0.15) is 0 Å². The third-order valence-electron chi connectivity index (χ3n) is 4.33. The van der Waals surface area contributed by atoms with Gasteiger partial charge < -0.3 is 4.90 Å². The minimum absolute atomic E-state index is 0.00342. The predicted molar refractivity (Wildman–Crippen MR) is 96.3 cm³/mol. The molecule has 1 aromatic heterocycles. The van der Waals surface area contributed by atoms with Gasteiger partial charge in [0.05, 0.1) is 11.6 Å². The van der Waals surface area contributed by atoms with Crippen LogP contribution in [0, 0.1) is 11.3 Å². The number of pyridine rings is 1. The van der Waals surface area contributed by atoms with E-state index in [9.17, 15) is 4.79 Å². The summed E-state index contributed by atoms with van der Waals surface area (Å²) in [7, 11) is 0. The predicted octanol–water partition coefficient (Wildman–Crippen LogP) is 2.31. The van der Waals surface area contributed by atoms with Gasteiger partial charge >= 0.3 is 0 Å². The second-order valence-corrected chi connectivity index (χ2v) is 5.99. The fourth-order valence-corrected chi connectivity index (χ4v) is 2.88. The number of benzene rings is 1. The van der Waals surface area contributed by atoms with E-state index in [1.165, 1.54) is 5.56 Å². The molecule has 0 bridgehead atoms. The third-order valence-corrected chi connectivity index (χ3v) is 4.33. The maximum absolute atomic E-state index is 12.4. The Hall–Kier alpha value is -2.97. The van der Waals surface area contributed by atoms with Crippen molar-refractivity contribution in [3.63, 3.8) is 0 Å². The summed E-state index contributed by atoms with van der Waals surface area (Å²) in [6.45, 7) is 4.03. The number of aromatic nitrogens is 1. The van der Waals surface area contributed by atoms with Crippen molar-refractivity contribution in [2.45, 2.75) is 6.54 Å². The fraction of sp³-hybridized carbons (Fsp3) is 0.250. The monoisotopic (exact) mass is 332 g/mol. The number of nitriles is 1. The highest BCUT2D eigenvalue weighted by Gasteiger charge is 2.19. The first-order valence-corrected chi connectivity index (χ1v) is 8.33. The lowest BCUT2D eigenvalue weighted by molar-refractivity contribution is -0.127. The van der Waals surface area contributed by atoms with E-state index in [1.54, 1.807) is 30.6 Å². The molecule has 0 unspecified atom stereocenters. The van der Waals surface area contributed by atoms with Gasteiger partial charge in [-0.3, -0.25) is 14.7 Å². The Morgan fingerprint density at radius 2 is 1.84 bits per heavy atom. The number of carbonyl (C=O) groups is 1. The molecule has 2 heterocycles. The lowest BCUT2D eigenvalue weighted by Gasteiger charge is -2.34. The molecule has 0 N–H and O–H groups in total. The van der Waals surface area contributed by atoms with Gasteiger partial charge in [-0.25, -0.2) is 0 Å². The number of nitrogens with zero attached hydrogens (tertiary/aromatic N) is 4. The zero-order valence-electron chi connectivity index (χ0n) is 14.0. The molecule has 0 spiro atoms. The van der Waals surface area contributed by atoms with E-state index in [2.05, 4.69) is 16.0 Å². The molecule has 0 atom stereocenters. The summed E-state index contributed by atoms with van der Waals surface area (Å²) in [5.41, 5.74) is 2.59. The molecule has 1 aliphatic rings. The summed E-state index contributed by atoms with van der Waals surface area (Å²) in [6, 6.07) is 13.5. The van der Waals surface area contributed by atoms with Gasteiger partial charge in [-0.1, -0.05) is 18.2 Å². The molecule has 1 aliphatic heterocycles. The molecule has 1 aromatic carbocycles. The van der Waals surface area contributed by atoms with Crippen molar-refractivity contribution in [3.05, 3.63) is 71.6 Å². The van der Waals surface area contributed by atoms with Crippen LogP contribution < -0.4 is 0 Å². The average molecular weight is 332 g/mol. The Bertz CT molecular complexity index is 787. The van der Waals surface area contributed by atoms with Crippen LogP contribution in [0.5, 0.6) is 0 Å². The molecular weight excluding hydrogens is 312 g/mol. The topological polar surface area (TPSA) is 60.2 Å². The van der Waals surface area contributed by atoms with Gasteiger partial charge in [-0.15, -0.1) is 0 Å². The second kappa shape index (κ2) is 8.22. The van der Waals surface area contributed by atoms with Crippen LogP contribution in [0.4, 0.5) is 0 Å². The van der Waals surface area contributed by atoms with Crippen LogP contribution in [-0.2, 0) is 11.3 Å². The first-order valence-electron chi connectivity index (χ1n) is 8.33. The van der Waals surface area contributed by atoms with Crippen molar-refractivity contribution in [2.75, 3.05) is 26.2 Å². The van der Waals surface area contributed by atoms with Crippen molar-refractivity contribution in [1.29, 1.82) is 5.26 Å². The van der Waals surface area contributed by atoms with Crippen LogP contribution in [0.2, 0.25) is 0 Å². The molecule has 0 aliphatic carbocycles. The van der Waals surface area contributed by atoms with Crippen molar-refractivity contribution >= 4 is 12.0 Å². The summed E-state index contributed by atoms with van der Waals surface area (Å²) in [6.07, 6.45) is 6.90. The van der Waals surface area contributed by atoms with Crippen LogP contribution >= 0.6 is 0 Å². The first-order chi connectivity index (χ1) is 12.3.